The number of imidazole rings is 1. The molecule has 2 heterocycles. The standard InChI is InChI=1S/C23H23N3O/c1-27-18-12-10-16(11-13-18)15-26-22-19-8-4-5-9-20(19)24-14-21(22)25-23(26)17-6-2-3-7-17/h4-5,8-14,17H,2-3,6-7,15H2,1H3. The van der Waals surface area contributed by atoms with Crippen molar-refractivity contribution in [2.45, 2.75) is 38.1 Å². The molecule has 136 valence electrons. The molecule has 4 nitrogen and oxygen atoms in total. The number of nitrogens with zero attached hydrogens (tertiary/aromatic N) is 3. The number of para-hydroxylation sites is 1. The van der Waals surface area contributed by atoms with E-state index >= 15 is 0 Å². The molecular formula is C23H23N3O. The van der Waals surface area contributed by atoms with Crippen LogP contribution in [0.2, 0.25) is 0 Å². The number of aromatic nitrogens is 3. The Morgan fingerprint density at radius 3 is 2.56 bits per heavy atom. The molecule has 0 spiro atoms. The predicted octanol–water partition coefficient (Wildman–Crippen LogP) is 5.30. The summed E-state index contributed by atoms with van der Waals surface area (Å²) < 4.78 is 7.74. The molecule has 0 aliphatic heterocycles. The van der Waals surface area contributed by atoms with Crippen molar-refractivity contribution < 1.29 is 4.74 Å². The van der Waals surface area contributed by atoms with E-state index in [2.05, 4.69) is 39.9 Å². The van der Waals surface area contributed by atoms with E-state index in [0.29, 0.717) is 5.92 Å². The van der Waals surface area contributed by atoms with Crippen LogP contribution < -0.4 is 4.74 Å². The summed E-state index contributed by atoms with van der Waals surface area (Å²) in [5.74, 6) is 2.66. The van der Waals surface area contributed by atoms with E-state index in [9.17, 15) is 0 Å². The third kappa shape index (κ3) is 2.85. The summed E-state index contributed by atoms with van der Waals surface area (Å²) in [6, 6.07) is 16.7. The average Bonchev–Trinajstić information content (AvgIpc) is 3.37. The van der Waals surface area contributed by atoms with E-state index in [-0.39, 0.29) is 0 Å². The number of pyridine rings is 1. The molecule has 0 bridgehead atoms. The van der Waals surface area contributed by atoms with Crippen LogP contribution in [-0.4, -0.2) is 21.6 Å². The van der Waals surface area contributed by atoms with Crippen LogP contribution in [0.15, 0.2) is 54.7 Å². The van der Waals surface area contributed by atoms with Crippen molar-refractivity contribution in [3.63, 3.8) is 0 Å². The third-order valence-electron chi connectivity index (χ3n) is 5.73. The van der Waals surface area contributed by atoms with Gasteiger partial charge in [0.25, 0.3) is 0 Å². The second kappa shape index (κ2) is 6.69. The highest BCUT2D eigenvalue weighted by Gasteiger charge is 2.24. The van der Waals surface area contributed by atoms with Crippen molar-refractivity contribution in [3.05, 3.63) is 66.1 Å². The Labute approximate surface area is 158 Å². The first kappa shape index (κ1) is 16.3. The van der Waals surface area contributed by atoms with Crippen LogP contribution in [0.1, 0.15) is 43.0 Å². The molecule has 1 aliphatic rings. The van der Waals surface area contributed by atoms with E-state index in [1.54, 1.807) is 7.11 Å². The lowest BCUT2D eigenvalue weighted by molar-refractivity contribution is 0.414. The Morgan fingerprint density at radius 2 is 1.78 bits per heavy atom. The van der Waals surface area contributed by atoms with Gasteiger partial charge < -0.3 is 9.30 Å². The summed E-state index contributed by atoms with van der Waals surface area (Å²) >= 11 is 0. The lowest BCUT2D eigenvalue weighted by Gasteiger charge is -2.15. The Morgan fingerprint density at radius 1 is 1.00 bits per heavy atom. The van der Waals surface area contributed by atoms with Crippen molar-refractivity contribution >= 4 is 21.9 Å². The Hall–Kier alpha value is -2.88. The normalized spacial score (nSPS) is 15.0. The maximum absolute atomic E-state index is 5.31. The predicted molar refractivity (Wildman–Crippen MR) is 108 cm³/mol. The molecule has 27 heavy (non-hydrogen) atoms. The molecule has 0 unspecified atom stereocenters. The zero-order valence-electron chi connectivity index (χ0n) is 15.6. The first-order valence-electron chi connectivity index (χ1n) is 9.70. The van der Waals surface area contributed by atoms with Crippen molar-refractivity contribution in [2.24, 2.45) is 0 Å². The number of fused-ring (bicyclic) bond motifs is 3. The highest BCUT2D eigenvalue weighted by Crippen LogP contribution is 2.37. The zero-order valence-corrected chi connectivity index (χ0v) is 15.6. The average molecular weight is 357 g/mol. The maximum Gasteiger partial charge on any atom is 0.118 e. The summed E-state index contributed by atoms with van der Waals surface area (Å²) in [4.78, 5) is 9.68. The van der Waals surface area contributed by atoms with Crippen molar-refractivity contribution in [2.75, 3.05) is 7.11 Å². The van der Waals surface area contributed by atoms with E-state index in [1.807, 2.05) is 24.4 Å². The number of hydrogen-bond acceptors (Lipinski definition) is 3. The molecule has 0 radical (unpaired) electrons. The molecule has 4 heteroatoms. The Balaban J connectivity index is 1.70. The molecule has 0 N–H and O–H groups in total. The second-order valence-corrected chi connectivity index (χ2v) is 7.39. The van der Waals surface area contributed by atoms with Gasteiger partial charge in [-0.3, -0.25) is 4.98 Å². The molecule has 5 rings (SSSR count). The SMILES string of the molecule is COc1ccc(Cn2c(C3CCCC3)nc3cnc4ccccc4c32)cc1. The molecule has 1 fully saturated rings. The summed E-state index contributed by atoms with van der Waals surface area (Å²) in [6.45, 7) is 0.820. The minimum atomic E-state index is 0.550. The summed E-state index contributed by atoms with van der Waals surface area (Å²) in [7, 11) is 1.70. The van der Waals surface area contributed by atoms with Crippen LogP contribution in [0.25, 0.3) is 21.9 Å². The fourth-order valence-electron chi connectivity index (χ4n) is 4.35. The van der Waals surface area contributed by atoms with Crippen molar-refractivity contribution in [1.82, 2.24) is 14.5 Å². The number of methoxy groups -OCH3 is 1. The fourth-order valence-corrected chi connectivity index (χ4v) is 4.35. The molecule has 0 amide bonds. The number of hydrogen-bond donors (Lipinski definition) is 0. The summed E-state index contributed by atoms with van der Waals surface area (Å²) in [5.41, 5.74) is 4.50. The van der Waals surface area contributed by atoms with Gasteiger partial charge in [-0.05, 0) is 36.6 Å². The molecule has 0 atom stereocenters. The number of ether oxygens (including phenoxy) is 1. The Kier molecular flexibility index (Phi) is 4.04. The molecule has 1 saturated carbocycles. The molecule has 0 saturated heterocycles. The van der Waals surface area contributed by atoms with Gasteiger partial charge in [0, 0.05) is 17.8 Å². The Bertz CT molecular complexity index is 1090. The van der Waals surface area contributed by atoms with Gasteiger partial charge in [-0.2, -0.15) is 0 Å². The topological polar surface area (TPSA) is 39.9 Å². The van der Waals surface area contributed by atoms with Gasteiger partial charge in [0.2, 0.25) is 0 Å². The lowest BCUT2D eigenvalue weighted by atomic mass is 10.1. The van der Waals surface area contributed by atoms with Crippen molar-refractivity contribution in [1.29, 1.82) is 0 Å². The van der Waals surface area contributed by atoms with E-state index < -0.39 is 0 Å². The van der Waals surface area contributed by atoms with Crippen molar-refractivity contribution in [3.8, 4) is 5.75 Å². The maximum atomic E-state index is 5.31. The lowest BCUT2D eigenvalue weighted by Crippen LogP contribution is -2.08. The van der Waals surface area contributed by atoms with Gasteiger partial charge >= 0.3 is 0 Å². The monoisotopic (exact) mass is 357 g/mol. The van der Waals surface area contributed by atoms with Gasteiger partial charge in [0.05, 0.1) is 24.3 Å². The first-order chi connectivity index (χ1) is 13.3. The van der Waals surface area contributed by atoms with Crippen LogP contribution in [0, 0.1) is 0 Å². The summed E-state index contributed by atoms with van der Waals surface area (Å²) in [6.07, 6.45) is 7.00. The van der Waals surface area contributed by atoms with Gasteiger partial charge in [-0.15, -0.1) is 0 Å². The van der Waals surface area contributed by atoms with Gasteiger partial charge in [-0.25, -0.2) is 4.98 Å². The second-order valence-electron chi connectivity index (χ2n) is 7.39. The summed E-state index contributed by atoms with van der Waals surface area (Å²) in [5, 5.41) is 1.18. The highest BCUT2D eigenvalue weighted by atomic mass is 16.5. The van der Waals surface area contributed by atoms with Crippen LogP contribution in [0.3, 0.4) is 0 Å². The fraction of sp³-hybridized carbons (Fsp3) is 0.304. The molecule has 4 aromatic rings. The first-order valence-corrected chi connectivity index (χ1v) is 9.70. The zero-order chi connectivity index (χ0) is 18.2. The largest absolute Gasteiger partial charge is 0.497 e. The van der Waals surface area contributed by atoms with Gasteiger partial charge in [-0.1, -0.05) is 43.2 Å². The molecule has 2 aromatic carbocycles. The number of rotatable bonds is 4. The highest BCUT2D eigenvalue weighted by molar-refractivity contribution is 6.02. The van der Waals surface area contributed by atoms with E-state index in [0.717, 1.165) is 23.3 Å². The molecule has 1 aliphatic carbocycles. The third-order valence-corrected chi connectivity index (χ3v) is 5.73. The van der Waals surface area contributed by atoms with Gasteiger partial charge in [0.1, 0.15) is 17.1 Å². The van der Waals surface area contributed by atoms with Crippen LogP contribution in [0.4, 0.5) is 0 Å². The molecular weight excluding hydrogens is 334 g/mol. The minimum absolute atomic E-state index is 0.550. The van der Waals surface area contributed by atoms with Crippen LogP contribution >= 0.6 is 0 Å². The van der Waals surface area contributed by atoms with E-state index in [1.165, 1.54) is 48.0 Å². The minimum Gasteiger partial charge on any atom is -0.497 e. The smallest absolute Gasteiger partial charge is 0.118 e. The van der Waals surface area contributed by atoms with Gasteiger partial charge in [0.15, 0.2) is 0 Å². The quantitative estimate of drug-likeness (QED) is 0.498. The number of benzene rings is 2. The van der Waals surface area contributed by atoms with Crippen LogP contribution in [-0.2, 0) is 6.54 Å². The molecule has 2 aromatic heterocycles. The van der Waals surface area contributed by atoms with E-state index in [4.69, 9.17) is 9.72 Å². The van der Waals surface area contributed by atoms with Crippen LogP contribution in [0.5, 0.6) is 5.75 Å².